The summed E-state index contributed by atoms with van der Waals surface area (Å²) in [5.74, 6) is 0. The van der Waals surface area contributed by atoms with Crippen LogP contribution in [0.5, 0.6) is 0 Å². The van der Waals surface area contributed by atoms with Gasteiger partial charge >= 0.3 is 16.2 Å². The van der Waals surface area contributed by atoms with Crippen molar-refractivity contribution >= 4 is 47.5 Å². The average Bonchev–Trinajstić information content (AvgIpc) is 2.79. The van der Waals surface area contributed by atoms with Crippen molar-refractivity contribution in [1.29, 1.82) is 0 Å². The Labute approximate surface area is 256 Å². The molecule has 0 atom stereocenters. The molecule has 2 fully saturated rings. The lowest BCUT2D eigenvalue weighted by atomic mass is 10.5. The maximum atomic E-state index is 8.45. The summed E-state index contributed by atoms with van der Waals surface area (Å²) in [4.78, 5) is 0. The number of hydrogen-bond acceptors (Lipinski definition) is 4. The minimum atomic E-state index is -2.99. The lowest BCUT2D eigenvalue weighted by Crippen LogP contribution is -2.97. The van der Waals surface area contributed by atoms with Crippen LogP contribution in [0.2, 0.25) is 55.4 Å². The molecule has 2 aliphatic heterocycles. The topological polar surface area (TPSA) is 36.9 Å². The Morgan fingerprint density at radius 2 is 0.350 bits per heavy atom. The van der Waals surface area contributed by atoms with E-state index in [1.807, 2.05) is 0 Å². The highest BCUT2D eigenvalue weighted by Crippen LogP contribution is 2.66. The minimum Gasteiger partial charge on any atom is -0.434 e. The van der Waals surface area contributed by atoms with Crippen molar-refractivity contribution in [2.24, 2.45) is 0 Å². The largest absolute Gasteiger partial charge is 0.434 e. The van der Waals surface area contributed by atoms with Crippen LogP contribution in [0.15, 0.2) is 0 Å². The fourth-order valence-corrected chi connectivity index (χ4v) is 102. The van der Waals surface area contributed by atoms with Gasteiger partial charge in [-0.3, -0.25) is 0 Å². The van der Waals surface area contributed by atoms with E-state index in [0.29, 0.717) is 55.4 Å². The number of rotatable bonds is 10. The number of fused-ring (bicyclic) bond motifs is 1. The van der Waals surface area contributed by atoms with Crippen LogP contribution in [0.4, 0.5) is 0 Å². The van der Waals surface area contributed by atoms with Gasteiger partial charge in [0.1, 0.15) is 0 Å². The highest BCUT2D eigenvalue weighted by atomic mass is 29.4. The van der Waals surface area contributed by atoms with Crippen molar-refractivity contribution < 1.29 is 16.5 Å². The van der Waals surface area contributed by atoms with Gasteiger partial charge < -0.3 is 16.5 Å². The molecule has 10 heteroatoms. The Hall–Kier alpha value is 1.14. The molecule has 2 heterocycles. The van der Waals surface area contributed by atoms with Crippen LogP contribution < -0.4 is 0 Å². The zero-order valence-corrected chi connectivity index (χ0v) is 36.4. The summed E-state index contributed by atoms with van der Waals surface area (Å²) in [6.45, 7) is 49.1. The Balaban J connectivity index is 3.30. The first-order valence-electron chi connectivity index (χ1n) is 16.8. The Bertz CT molecular complexity index is 710. The van der Waals surface area contributed by atoms with Crippen molar-refractivity contribution in [2.75, 3.05) is 0 Å². The van der Waals surface area contributed by atoms with E-state index < -0.39 is 47.5 Å². The normalized spacial score (nSPS) is 29.9. The quantitative estimate of drug-likeness (QED) is 0.218. The summed E-state index contributed by atoms with van der Waals surface area (Å²) >= 11 is 0. The van der Waals surface area contributed by atoms with E-state index in [1.54, 1.807) is 0 Å². The van der Waals surface area contributed by atoms with Crippen LogP contribution in [-0.4, -0.2) is 47.5 Å². The minimum absolute atomic E-state index is 0.299. The van der Waals surface area contributed by atoms with Crippen LogP contribution in [0.3, 0.4) is 0 Å². The van der Waals surface area contributed by atoms with Gasteiger partial charge in [0, 0.05) is 0 Å². The monoisotopic (exact) mass is 662 g/mol. The first-order valence-corrected chi connectivity index (χ1v) is 31.9. The second-order valence-corrected chi connectivity index (χ2v) is 53.8. The third-order valence-electron chi connectivity index (χ3n) is 11.4. The predicted molar refractivity (Wildman–Crippen MR) is 190 cm³/mol. The first-order chi connectivity index (χ1) is 18.0. The molecular formula is C30H70O4Si6. The average molecular weight is 663 g/mol. The van der Waals surface area contributed by atoms with Gasteiger partial charge in [0.15, 0.2) is 0 Å². The maximum Gasteiger partial charge on any atom is 0.365 e. The Morgan fingerprint density at radius 3 is 0.425 bits per heavy atom. The van der Waals surface area contributed by atoms with Crippen LogP contribution in [0.1, 0.15) is 138 Å². The van der Waals surface area contributed by atoms with E-state index in [1.165, 1.54) is 0 Å². The Morgan fingerprint density at radius 1 is 0.225 bits per heavy atom. The number of hydrogen-bond donors (Lipinski definition) is 0. The molecule has 238 valence electrons. The van der Waals surface area contributed by atoms with Crippen molar-refractivity contribution in [1.82, 2.24) is 0 Å². The lowest BCUT2D eigenvalue weighted by molar-refractivity contribution is 0.255. The van der Waals surface area contributed by atoms with Crippen LogP contribution >= 0.6 is 0 Å². The highest BCUT2D eigenvalue weighted by molar-refractivity contribution is 7.56. The van der Waals surface area contributed by atoms with Gasteiger partial charge in [-0.05, 0) is 55.4 Å². The zero-order valence-electron chi connectivity index (χ0n) is 30.4. The molecule has 0 aromatic heterocycles. The Kier molecular flexibility index (Phi) is 11.3. The summed E-state index contributed by atoms with van der Waals surface area (Å²) in [7, 11) is -15.8. The van der Waals surface area contributed by atoms with Gasteiger partial charge in [0.05, 0.1) is 0 Å². The molecule has 0 amide bonds. The summed E-state index contributed by atoms with van der Waals surface area (Å²) in [6, 6.07) is 0. The molecule has 2 rings (SSSR count). The third kappa shape index (κ3) is 4.53. The van der Waals surface area contributed by atoms with E-state index in [-0.39, 0.29) is 0 Å². The molecule has 0 aromatic carbocycles. The van der Waals surface area contributed by atoms with Gasteiger partial charge in [-0.1, -0.05) is 138 Å². The maximum absolute atomic E-state index is 8.45. The van der Waals surface area contributed by atoms with Crippen LogP contribution in [0, 0.1) is 0 Å². The van der Waals surface area contributed by atoms with E-state index >= 15 is 0 Å². The smallest absolute Gasteiger partial charge is 0.365 e. The molecule has 0 spiro atoms. The van der Waals surface area contributed by atoms with Crippen molar-refractivity contribution in [2.45, 2.75) is 194 Å². The molecule has 0 radical (unpaired) electrons. The molecular weight excluding hydrogens is 593 g/mol. The van der Waals surface area contributed by atoms with E-state index in [0.717, 1.165) is 0 Å². The van der Waals surface area contributed by atoms with Gasteiger partial charge in [-0.25, -0.2) is 0 Å². The van der Waals surface area contributed by atoms with Gasteiger partial charge in [0.2, 0.25) is 31.3 Å². The fourth-order valence-electron chi connectivity index (χ4n) is 10.1. The molecule has 2 aliphatic rings. The summed E-state index contributed by atoms with van der Waals surface area (Å²) < 4.78 is 33.8. The molecule has 4 nitrogen and oxygen atoms in total. The molecule has 0 N–H and O–H groups in total. The predicted octanol–water partition coefficient (Wildman–Crippen LogP) is 11.1. The molecule has 2 saturated heterocycles. The molecule has 0 bridgehead atoms. The zero-order chi connectivity index (χ0) is 31.6. The van der Waals surface area contributed by atoms with Crippen molar-refractivity contribution in [3.05, 3.63) is 0 Å². The molecule has 40 heavy (non-hydrogen) atoms. The summed E-state index contributed by atoms with van der Waals surface area (Å²) in [6.07, 6.45) is 0. The molecule has 0 aromatic rings. The SMILES string of the molecule is CC(C)[Si]12O[Si](C(C)C)(C(C)C)[Si](C(C)C)(C(C)C)O[Si]1(C(C)C)O[Si](C(C)C)(C(C)C)[Si](C(C)C)(C(C)C)O2. The van der Waals surface area contributed by atoms with Crippen molar-refractivity contribution in [3.63, 3.8) is 0 Å². The molecule has 0 aliphatic carbocycles. The van der Waals surface area contributed by atoms with E-state index in [4.69, 9.17) is 16.5 Å². The van der Waals surface area contributed by atoms with Crippen LogP contribution in [0.25, 0.3) is 0 Å². The third-order valence-corrected chi connectivity index (χ3v) is 76.7. The van der Waals surface area contributed by atoms with E-state index in [2.05, 4.69) is 138 Å². The summed E-state index contributed by atoms with van der Waals surface area (Å²) in [5, 5.41) is 0. The molecule has 0 saturated carbocycles. The van der Waals surface area contributed by atoms with Crippen molar-refractivity contribution in [3.8, 4) is 0 Å². The first kappa shape index (κ1) is 37.3. The van der Waals surface area contributed by atoms with Gasteiger partial charge in [0.25, 0.3) is 0 Å². The van der Waals surface area contributed by atoms with Crippen LogP contribution in [-0.2, 0) is 16.5 Å². The summed E-state index contributed by atoms with van der Waals surface area (Å²) in [5.41, 5.74) is 4.40. The highest BCUT2D eigenvalue weighted by Gasteiger charge is 2.88. The second kappa shape index (κ2) is 12.2. The lowest BCUT2D eigenvalue weighted by Gasteiger charge is -2.74. The van der Waals surface area contributed by atoms with Gasteiger partial charge in [-0.15, -0.1) is 0 Å². The van der Waals surface area contributed by atoms with E-state index in [9.17, 15) is 0 Å². The molecule has 0 unspecified atom stereocenters. The standard InChI is InChI=1S/C30H70O4Si6/c1-21(2)35(22(3)4)31-39(29(17)18)33-37(25(9)10,26(11)12)38(27(13)14,28(15)16)34-40(39,30(19)20)32-36(35,23(5)6)24(7)8/h21-30H,1-20H3. The second-order valence-electron chi connectivity index (χ2n) is 16.5. The van der Waals surface area contributed by atoms with Gasteiger partial charge in [-0.2, -0.15) is 0 Å². The fraction of sp³-hybridized carbons (Fsp3) is 1.00.